The Morgan fingerprint density at radius 3 is 2.20 bits per heavy atom. The second-order valence-electron chi connectivity index (χ2n) is 18.4. The number of aryl methyl sites for hydroxylation is 1. The molecule has 3 N–H and O–H groups in total. The molecule has 3 heterocycles. The van der Waals surface area contributed by atoms with Crippen LogP contribution in [0.2, 0.25) is 0 Å². The maximum absolute atomic E-state index is 13.7. The normalized spacial score (nSPS) is 17.8. The zero-order valence-electron chi connectivity index (χ0n) is 40.9. The summed E-state index contributed by atoms with van der Waals surface area (Å²) in [6.45, 7) is 7.90. The summed E-state index contributed by atoms with van der Waals surface area (Å²) in [5, 5.41) is 7.73. The Balaban J connectivity index is 0.979. The van der Waals surface area contributed by atoms with Crippen molar-refractivity contribution in [3.8, 4) is 23.0 Å². The van der Waals surface area contributed by atoms with E-state index in [4.69, 9.17) is 23.7 Å². The van der Waals surface area contributed by atoms with E-state index in [0.717, 1.165) is 28.9 Å². The molecule has 0 bridgehead atoms. The lowest BCUT2D eigenvalue weighted by Gasteiger charge is -2.41. The molecule has 0 aliphatic carbocycles. The van der Waals surface area contributed by atoms with Gasteiger partial charge in [0.05, 0.1) is 43.6 Å². The Bertz CT molecular complexity index is 2440. The minimum Gasteiger partial charge on any atom is -0.493 e. The van der Waals surface area contributed by atoms with Crippen molar-refractivity contribution in [1.29, 1.82) is 0 Å². The van der Waals surface area contributed by atoms with Crippen molar-refractivity contribution in [3.63, 3.8) is 0 Å². The molecule has 3 aliphatic heterocycles. The number of ether oxygens (including phenoxy) is 5. The number of Topliss-reactive ketones (excluding diaryl/α,β-unsaturated/α-hetero) is 1. The molecule has 3 aromatic rings. The molecule has 0 saturated carbocycles. The fourth-order valence-corrected chi connectivity index (χ4v) is 8.78. The number of carbonyl (C=O) groups excluding carboxylic acids is 8. The van der Waals surface area contributed by atoms with E-state index in [1.165, 1.54) is 18.2 Å². The van der Waals surface area contributed by atoms with Crippen molar-refractivity contribution in [1.82, 2.24) is 25.8 Å². The fourth-order valence-electron chi connectivity index (χ4n) is 8.78. The fraction of sp³-hybridized carbons (Fsp3) is 0.500. The number of rotatable bonds is 24. The van der Waals surface area contributed by atoms with Crippen molar-refractivity contribution in [2.75, 3.05) is 47.1 Å². The Hall–Kier alpha value is -6.82. The molecule has 3 aliphatic rings. The van der Waals surface area contributed by atoms with Gasteiger partial charge in [0.15, 0.2) is 24.7 Å². The van der Waals surface area contributed by atoms with Gasteiger partial charge < -0.3 is 39.2 Å². The number of amides is 7. The van der Waals surface area contributed by atoms with E-state index in [9.17, 15) is 38.4 Å². The third-order valence-electron chi connectivity index (χ3n) is 13.2. The lowest BCUT2D eigenvalue weighted by molar-refractivity contribution is -0.155. The zero-order chi connectivity index (χ0) is 50.5. The SMILES string of the molecule is CCC(C)(C)C(=O)C(=O)N1CCCC[C@H]1C(C)O[C@H](CCc1ccc(OC)c(OC)c1)c1cccc(OCC(=O)NCCCCNC(=O)COc2cccc3c2C(=O)N(C2CCC(=O)NC2=O)C3=O)c1. The molecule has 0 radical (unpaired) electrons. The van der Waals surface area contributed by atoms with Crippen LogP contribution in [0.25, 0.3) is 0 Å². The van der Waals surface area contributed by atoms with Crippen LogP contribution in [0.3, 0.4) is 0 Å². The first-order valence-electron chi connectivity index (χ1n) is 24.0. The van der Waals surface area contributed by atoms with Gasteiger partial charge in [-0.3, -0.25) is 48.6 Å². The number of carbonyl (C=O) groups is 8. The Morgan fingerprint density at radius 2 is 1.51 bits per heavy atom. The second-order valence-corrected chi connectivity index (χ2v) is 18.4. The van der Waals surface area contributed by atoms with Crippen LogP contribution < -0.4 is 34.9 Å². The topological polar surface area (TPSA) is 225 Å². The molecule has 0 spiro atoms. The average Bonchev–Trinajstić information content (AvgIpc) is 3.62. The predicted molar refractivity (Wildman–Crippen MR) is 255 cm³/mol. The van der Waals surface area contributed by atoms with Crippen LogP contribution in [-0.2, 0) is 39.9 Å². The summed E-state index contributed by atoms with van der Waals surface area (Å²) in [7, 11) is 3.18. The number of unbranched alkanes of at least 4 members (excludes halogenated alkanes) is 1. The van der Waals surface area contributed by atoms with E-state index in [2.05, 4.69) is 16.0 Å². The quantitative estimate of drug-likeness (QED) is 0.0609. The monoisotopic (exact) mass is 967 g/mol. The number of fused-ring (bicyclic) bond motifs is 1. The molecule has 18 heteroatoms. The van der Waals surface area contributed by atoms with E-state index in [-0.39, 0.29) is 54.8 Å². The first kappa shape index (κ1) is 52.5. The van der Waals surface area contributed by atoms with E-state index >= 15 is 0 Å². The molecule has 2 fully saturated rings. The summed E-state index contributed by atoms with van der Waals surface area (Å²) in [6.07, 6.45) is 4.39. The van der Waals surface area contributed by atoms with Gasteiger partial charge in [0.1, 0.15) is 17.5 Å². The number of piperidine rings is 2. The molecular formula is C52H65N5O13. The number of imide groups is 2. The van der Waals surface area contributed by atoms with Crippen LogP contribution in [0.15, 0.2) is 60.7 Å². The minimum absolute atomic E-state index is 0.00978. The average molecular weight is 968 g/mol. The van der Waals surface area contributed by atoms with Crippen LogP contribution >= 0.6 is 0 Å². The summed E-state index contributed by atoms with van der Waals surface area (Å²) in [5.41, 5.74) is 1.06. The summed E-state index contributed by atoms with van der Waals surface area (Å²) < 4.78 is 29.4. The van der Waals surface area contributed by atoms with Gasteiger partial charge in [-0.1, -0.05) is 45.0 Å². The standard InChI is InChI=1S/C52H65N5O13/c1-7-52(3,4)47(61)51(65)56-27-11-8-17-37(56)32(2)70-39(22-19-33-20-23-40(66-5)42(28-33)67-6)34-14-12-15-35(29-34)68-30-44(59)53-25-9-10-26-54-45(60)31-69-41-18-13-16-36-46(41)50(64)57(49(36)63)38-21-24-43(58)55-48(38)62/h12-16,18,20,23,28-29,32,37-39H,7-11,17,19,21-22,24-27,30-31H2,1-6H3,(H,53,59)(H,54,60)(H,55,58,62)/t32?,37-,38?,39+/m0/s1. The molecule has 18 nitrogen and oxygen atoms in total. The minimum atomic E-state index is -1.13. The number of likely N-dealkylation sites (tertiary alicyclic amines) is 1. The number of hydrogen-bond donors (Lipinski definition) is 3. The highest BCUT2D eigenvalue weighted by atomic mass is 16.5. The molecule has 7 amide bonds. The Morgan fingerprint density at radius 1 is 0.814 bits per heavy atom. The van der Waals surface area contributed by atoms with Gasteiger partial charge in [0.25, 0.3) is 29.5 Å². The molecular weight excluding hydrogens is 903 g/mol. The molecule has 376 valence electrons. The number of ketones is 1. The molecule has 2 saturated heterocycles. The van der Waals surface area contributed by atoms with Crippen molar-refractivity contribution in [2.45, 2.75) is 116 Å². The summed E-state index contributed by atoms with van der Waals surface area (Å²) in [4.78, 5) is 105. The van der Waals surface area contributed by atoms with Crippen LogP contribution in [0.1, 0.15) is 123 Å². The Labute approximate surface area is 408 Å². The third-order valence-corrected chi connectivity index (χ3v) is 13.2. The third kappa shape index (κ3) is 12.9. The van der Waals surface area contributed by atoms with Crippen LogP contribution in [-0.4, -0.2) is 122 Å². The zero-order valence-corrected chi connectivity index (χ0v) is 40.9. The molecule has 6 rings (SSSR count). The van der Waals surface area contributed by atoms with Gasteiger partial charge in [-0.25, -0.2) is 0 Å². The maximum Gasteiger partial charge on any atom is 0.290 e. The van der Waals surface area contributed by atoms with Crippen LogP contribution in [0.4, 0.5) is 0 Å². The number of hydrogen-bond acceptors (Lipinski definition) is 13. The largest absolute Gasteiger partial charge is 0.493 e. The van der Waals surface area contributed by atoms with E-state index in [1.54, 1.807) is 39.0 Å². The summed E-state index contributed by atoms with van der Waals surface area (Å²) >= 11 is 0. The van der Waals surface area contributed by atoms with Crippen molar-refractivity contribution < 1.29 is 62.0 Å². The molecule has 70 heavy (non-hydrogen) atoms. The highest BCUT2D eigenvalue weighted by Crippen LogP contribution is 2.36. The van der Waals surface area contributed by atoms with Gasteiger partial charge in [0.2, 0.25) is 17.6 Å². The van der Waals surface area contributed by atoms with Crippen molar-refractivity contribution in [2.24, 2.45) is 5.41 Å². The van der Waals surface area contributed by atoms with Gasteiger partial charge in [0, 0.05) is 31.5 Å². The highest BCUT2D eigenvalue weighted by Gasteiger charge is 2.46. The molecule has 4 atom stereocenters. The molecule has 2 unspecified atom stereocenters. The van der Waals surface area contributed by atoms with Gasteiger partial charge in [-0.2, -0.15) is 0 Å². The van der Waals surface area contributed by atoms with Crippen LogP contribution in [0, 0.1) is 5.41 Å². The highest BCUT2D eigenvalue weighted by molar-refractivity contribution is 6.38. The van der Waals surface area contributed by atoms with Crippen LogP contribution in [0.5, 0.6) is 23.0 Å². The molecule has 0 aromatic heterocycles. The first-order chi connectivity index (χ1) is 33.6. The summed E-state index contributed by atoms with van der Waals surface area (Å²) in [6, 6.07) is 16.2. The number of nitrogens with one attached hydrogen (secondary N) is 3. The van der Waals surface area contributed by atoms with Gasteiger partial charge in [-0.05, 0) is 112 Å². The second kappa shape index (κ2) is 24.1. The number of methoxy groups -OCH3 is 2. The van der Waals surface area contributed by atoms with Gasteiger partial charge in [-0.15, -0.1) is 0 Å². The lowest BCUT2D eigenvalue weighted by Crippen LogP contribution is -2.54. The maximum atomic E-state index is 13.7. The smallest absolute Gasteiger partial charge is 0.290 e. The van der Waals surface area contributed by atoms with E-state index in [1.807, 2.05) is 50.2 Å². The van der Waals surface area contributed by atoms with Crippen molar-refractivity contribution >= 4 is 47.1 Å². The first-order valence-corrected chi connectivity index (χ1v) is 24.0. The predicted octanol–water partition coefficient (Wildman–Crippen LogP) is 5.04. The molecule has 3 aromatic carbocycles. The van der Waals surface area contributed by atoms with Crippen molar-refractivity contribution in [3.05, 3.63) is 82.9 Å². The van der Waals surface area contributed by atoms with E-state index in [0.29, 0.717) is 68.9 Å². The van der Waals surface area contributed by atoms with E-state index < -0.39 is 71.5 Å². The van der Waals surface area contributed by atoms with Gasteiger partial charge >= 0.3 is 0 Å². The summed E-state index contributed by atoms with van der Waals surface area (Å²) in [5.74, 6) is -2.55. The number of nitrogens with zero attached hydrogens (tertiary/aromatic N) is 2. The number of benzene rings is 3. The Kier molecular flexibility index (Phi) is 18.1. The lowest BCUT2D eigenvalue weighted by atomic mass is 9.84.